The normalized spacial score (nSPS) is 18.4. The number of hydrogen-bond donors (Lipinski definition) is 0. The van der Waals surface area contributed by atoms with Crippen LogP contribution in [0.25, 0.3) is 0 Å². The molecule has 1 heterocycles. The Kier molecular flexibility index (Phi) is 3.40. The Labute approximate surface area is 89.9 Å². The quantitative estimate of drug-likeness (QED) is 0.726. The van der Waals surface area contributed by atoms with E-state index < -0.39 is 0 Å². The molecule has 0 saturated carbocycles. The lowest BCUT2D eigenvalue weighted by Gasteiger charge is -2.26. The molecule has 0 unspecified atom stereocenters. The minimum atomic E-state index is 0.870. The van der Waals surface area contributed by atoms with Crippen LogP contribution >= 0.6 is 11.6 Å². The van der Waals surface area contributed by atoms with Gasteiger partial charge in [0.15, 0.2) is 0 Å². The Bertz CT molecular complexity index is 295. The molecule has 3 heteroatoms. The van der Waals surface area contributed by atoms with Gasteiger partial charge in [-0.3, -0.25) is 4.90 Å². The largest absolute Gasteiger partial charge is 0.296 e. The van der Waals surface area contributed by atoms with E-state index >= 15 is 0 Å². The van der Waals surface area contributed by atoms with Crippen molar-refractivity contribution in [3.8, 4) is 0 Å². The van der Waals surface area contributed by atoms with Gasteiger partial charge in [0.1, 0.15) is 0 Å². The first kappa shape index (κ1) is 9.97. The van der Waals surface area contributed by atoms with Crippen molar-refractivity contribution in [2.45, 2.75) is 6.54 Å². The second-order valence-electron chi connectivity index (χ2n) is 3.54. The van der Waals surface area contributed by atoms with E-state index in [0.29, 0.717) is 0 Å². The molecule has 0 amide bonds. The zero-order valence-electron chi connectivity index (χ0n) is 8.12. The zero-order chi connectivity index (χ0) is 9.80. The van der Waals surface area contributed by atoms with Crippen molar-refractivity contribution in [3.05, 3.63) is 34.9 Å². The van der Waals surface area contributed by atoms with Gasteiger partial charge in [-0.15, -0.1) is 0 Å². The summed E-state index contributed by atoms with van der Waals surface area (Å²) in [6, 6.07) is 8.05. The summed E-state index contributed by atoms with van der Waals surface area (Å²) in [6.45, 7) is 5.00. The second kappa shape index (κ2) is 4.78. The maximum Gasteiger partial charge on any atom is 0.0451 e. The summed E-state index contributed by atoms with van der Waals surface area (Å²) in [5, 5.41) is 5.19. The maximum atomic E-state index is 6.09. The van der Waals surface area contributed by atoms with Gasteiger partial charge in [0, 0.05) is 37.7 Å². The minimum absolute atomic E-state index is 0.870. The van der Waals surface area contributed by atoms with Crippen molar-refractivity contribution >= 4 is 11.6 Å². The Morgan fingerprint density at radius 3 is 2.64 bits per heavy atom. The van der Waals surface area contributed by atoms with Gasteiger partial charge in [0.2, 0.25) is 0 Å². The highest BCUT2D eigenvalue weighted by Crippen LogP contribution is 2.16. The van der Waals surface area contributed by atoms with Crippen molar-refractivity contribution in [1.29, 1.82) is 0 Å². The van der Waals surface area contributed by atoms with Crippen molar-refractivity contribution in [2.75, 3.05) is 26.2 Å². The van der Waals surface area contributed by atoms with Crippen LogP contribution in [-0.2, 0) is 6.54 Å². The van der Waals surface area contributed by atoms with E-state index in [1.165, 1.54) is 5.56 Å². The monoisotopic (exact) mass is 209 g/mol. The van der Waals surface area contributed by atoms with Crippen molar-refractivity contribution in [1.82, 2.24) is 10.2 Å². The predicted octanol–water partition coefficient (Wildman–Crippen LogP) is 1.76. The molecule has 0 aromatic heterocycles. The Morgan fingerprint density at radius 2 is 1.93 bits per heavy atom. The summed E-state index contributed by atoms with van der Waals surface area (Å²) in [7, 11) is 0. The van der Waals surface area contributed by atoms with Crippen LogP contribution in [0, 0.1) is 0 Å². The highest BCUT2D eigenvalue weighted by atomic mass is 35.5. The summed E-state index contributed by atoms with van der Waals surface area (Å²) in [5.41, 5.74) is 1.22. The molecule has 14 heavy (non-hydrogen) atoms. The van der Waals surface area contributed by atoms with Crippen molar-refractivity contribution in [2.24, 2.45) is 0 Å². The molecule has 2 nitrogen and oxygen atoms in total. The van der Waals surface area contributed by atoms with E-state index in [1.807, 2.05) is 18.2 Å². The van der Waals surface area contributed by atoms with E-state index in [4.69, 9.17) is 11.6 Å². The van der Waals surface area contributed by atoms with E-state index in [9.17, 15) is 0 Å². The van der Waals surface area contributed by atoms with Crippen LogP contribution in [0.3, 0.4) is 0 Å². The van der Waals surface area contributed by atoms with Crippen LogP contribution in [0.2, 0.25) is 5.02 Å². The predicted molar refractivity (Wildman–Crippen MR) is 58.6 cm³/mol. The van der Waals surface area contributed by atoms with Gasteiger partial charge in [0.05, 0.1) is 0 Å². The Morgan fingerprint density at radius 1 is 1.21 bits per heavy atom. The molecule has 0 N–H and O–H groups in total. The molecule has 75 valence electrons. The summed E-state index contributed by atoms with van der Waals surface area (Å²) in [5.74, 6) is 0. The summed E-state index contributed by atoms with van der Waals surface area (Å²) in [6.07, 6.45) is 0. The number of halogens is 1. The number of piperazine rings is 1. The minimum Gasteiger partial charge on any atom is -0.296 e. The fourth-order valence-electron chi connectivity index (χ4n) is 1.67. The molecule has 1 fully saturated rings. The third-order valence-electron chi connectivity index (χ3n) is 2.50. The lowest BCUT2D eigenvalue weighted by Crippen LogP contribution is -2.39. The highest BCUT2D eigenvalue weighted by molar-refractivity contribution is 6.31. The molecule has 1 aliphatic heterocycles. The van der Waals surface area contributed by atoms with Gasteiger partial charge >= 0.3 is 0 Å². The Balaban J connectivity index is 1.99. The van der Waals surface area contributed by atoms with Gasteiger partial charge in [0.25, 0.3) is 0 Å². The number of hydrogen-bond acceptors (Lipinski definition) is 1. The molecule has 1 aromatic carbocycles. The van der Waals surface area contributed by atoms with Gasteiger partial charge in [-0.1, -0.05) is 29.8 Å². The van der Waals surface area contributed by atoms with E-state index in [0.717, 1.165) is 37.7 Å². The van der Waals surface area contributed by atoms with Gasteiger partial charge in [-0.05, 0) is 11.6 Å². The fraction of sp³-hybridized carbons (Fsp3) is 0.455. The first-order chi connectivity index (χ1) is 6.86. The zero-order valence-corrected chi connectivity index (χ0v) is 8.87. The Hall–Kier alpha value is -0.570. The fourth-order valence-corrected chi connectivity index (χ4v) is 1.87. The lowest BCUT2D eigenvalue weighted by molar-refractivity contribution is 0.231. The molecular formula is C11H14ClN2. The van der Waals surface area contributed by atoms with Gasteiger partial charge < -0.3 is 0 Å². The van der Waals surface area contributed by atoms with Crippen molar-refractivity contribution < 1.29 is 0 Å². The maximum absolute atomic E-state index is 6.09. The molecular weight excluding hydrogens is 196 g/mol. The van der Waals surface area contributed by atoms with Crippen LogP contribution in [0.1, 0.15) is 5.56 Å². The summed E-state index contributed by atoms with van der Waals surface area (Å²) >= 11 is 6.09. The van der Waals surface area contributed by atoms with E-state index in [2.05, 4.69) is 16.3 Å². The SMILES string of the molecule is Clc1ccccc1CN1CC[N]CC1. The van der Waals surface area contributed by atoms with Crippen LogP contribution < -0.4 is 5.32 Å². The smallest absolute Gasteiger partial charge is 0.0451 e. The summed E-state index contributed by atoms with van der Waals surface area (Å²) < 4.78 is 0. The molecule has 0 atom stereocenters. The van der Waals surface area contributed by atoms with Gasteiger partial charge in [-0.25, -0.2) is 5.32 Å². The average Bonchev–Trinajstić information content (AvgIpc) is 2.23. The molecule has 1 radical (unpaired) electrons. The molecule has 0 bridgehead atoms. The molecule has 0 aliphatic carbocycles. The third kappa shape index (κ3) is 2.47. The van der Waals surface area contributed by atoms with Crippen LogP contribution in [0.4, 0.5) is 0 Å². The first-order valence-corrected chi connectivity index (χ1v) is 5.33. The average molecular weight is 210 g/mol. The molecule has 0 spiro atoms. The summed E-state index contributed by atoms with van der Waals surface area (Å²) in [4.78, 5) is 2.40. The van der Waals surface area contributed by atoms with Crippen LogP contribution in [-0.4, -0.2) is 31.1 Å². The van der Waals surface area contributed by atoms with Crippen LogP contribution in [0.15, 0.2) is 24.3 Å². The third-order valence-corrected chi connectivity index (χ3v) is 2.87. The topological polar surface area (TPSA) is 17.3 Å². The number of rotatable bonds is 2. The molecule has 1 aliphatic rings. The standard InChI is InChI=1S/C11H14ClN2/c12-11-4-2-1-3-10(11)9-14-7-5-13-6-8-14/h1-4H,5-9H2. The molecule has 1 saturated heterocycles. The van der Waals surface area contributed by atoms with E-state index in [1.54, 1.807) is 0 Å². The molecule has 1 aromatic rings. The number of benzene rings is 1. The van der Waals surface area contributed by atoms with Crippen LogP contribution in [0.5, 0.6) is 0 Å². The van der Waals surface area contributed by atoms with Gasteiger partial charge in [-0.2, -0.15) is 0 Å². The molecule has 2 rings (SSSR count). The van der Waals surface area contributed by atoms with Crippen molar-refractivity contribution in [3.63, 3.8) is 0 Å². The first-order valence-electron chi connectivity index (χ1n) is 4.95. The number of nitrogens with zero attached hydrogens (tertiary/aromatic N) is 2. The highest BCUT2D eigenvalue weighted by Gasteiger charge is 2.11. The second-order valence-corrected chi connectivity index (χ2v) is 3.95. The van der Waals surface area contributed by atoms with E-state index in [-0.39, 0.29) is 0 Å². The lowest BCUT2D eigenvalue weighted by atomic mass is 10.2.